The Bertz CT molecular complexity index is 916. The fourth-order valence-corrected chi connectivity index (χ4v) is 4.70. The van der Waals surface area contributed by atoms with Gasteiger partial charge in [0.25, 0.3) is 0 Å². The van der Waals surface area contributed by atoms with Crippen molar-refractivity contribution in [1.82, 2.24) is 4.31 Å². The zero-order chi connectivity index (χ0) is 21.8. The second-order valence-electron chi connectivity index (χ2n) is 6.74. The molecular weight excluding hydrogens is 420 g/mol. The monoisotopic (exact) mass is 442 g/mol. The highest BCUT2D eigenvalue weighted by molar-refractivity contribution is 7.89. The summed E-state index contributed by atoms with van der Waals surface area (Å²) in [6, 6.07) is 5.88. The molecule has 0 saturated carbocycles. The number of nitrogens with zero attached hydrogens (tertiary/aromatic N) is 1. The second kappa shape index (κ2) is 9.51. The predicted octanol–water partition coefficient (Wildman–Crippen LogP) is 2.72. The minimum Gasteiger partial charge on any atom is -0.508 e. The molecular formula is C19H23ClN2O6S. The van der Waals surface area contributed by atoms with Gasteiger partial charge in [-0.15, -0.1) is 0 Å². The molecule has 10 heteroatoms. The summed E-state index contributed by atoms with van der Waals surface area (Å²) in [4.78, 5) is 23.9. The lowest BCUT2D eigenvalue weighted by Crippen LogP contribution is -2.40. The molecule has 2 rings (SSSR count). The Morgan fingerprint density at radius 1 is 1.21 bits per heavy atom. The number of allylic oxidation sites excluding steroid dienone is 1. The lowest BCUT2D eigenvalue weighted by Gasteiger charge is -2.30. The van der Waals surface area contributed by atoms with Crippen molar-refractivity contribution in [1.29, 1.82) is 5.41 Å². The van der Waals surface area contributed by atoms with Crippen molar-refractivity contribution < 1.29 is 27.9 Å². The van der Waals surface area contributed by atoms with Gasteiger partial charge in [0.2, 0.25) is 10.0 Å². The zero-order valence-corrected chi connectivity index (χ0v) is 17.7. The molecule has 0 aliphatic carbocycles. The Kier molecular flexibility index (Phi) is 7.56. The number of halogens is 1. The van der Waals surface area contributed by atoms with Gasteiger partial charge in [-0.3, -0.25) is 9.59 Å². The number of rotatable bonds is 7. The van der Waals surface area contributed by atoms with Crippen molar-refractivity contribution in [2.45, 2.75) is 31.6 Å². The summed E-state index contributed by atoms with van der Waals surface area (Å²) in [5, 5.41) is 17.9. The van der Waals surface area contributed by atoms with Gasteiger partial charge in [-0.05, 0) is 51.0 Å². The molecule has 0 spiro atoms. The molecule has 1 saturated heterocycles. The normalized spacial score (nSPS) is 16.8. The number of carbonyl (C=O) groups excluding carboxylic acids is 2. The topological polar surface area (TPSA) is 125 Å². The number of Topliss-reactive ketones (excluding diaryl/α,β-unsaturated/α-hetero) is 1. The van der Waals surface area contributed by atoms with E-state index in [1.807, 2.05) is 0 Å². The maximum absolute atomic E-state index is 12.7. The molecule has 0 bridgehead atoms. The first-order valence-electron chi connectivity index (χ1n) is 8.95. The van der Waals surface area contributed by atoms with E-state index in [1.54, 1.807) is 0 Å². The summed E-state index contributed by atoms with van der Waals surface area (Å²) in [6.45, 7) is 2.37. The Hall–Kier alpha value is -2.23. The van der Waals surface area contributed by atoms with E-state index in [1.165, 1.54) is 42.4 Å². The average Bonchev–Trinajstić information content (AvgIpc) is 2.66. The molecule has 2 N–H and O–H groups in total. The molecule has 0 unspecified atom stereocenters. The first-order valence-corrected chi connectivity index (χ1v) is 10.8. The van der Waals surface area contributed by atoms with Crippen LogP contribution in [0.1, 0.15) is 26.7 Å². The molecule has 158 valence electrons. The largest absolute Gasteiger partial charge is 0.508 e. The van der Waals surface area contributed by atoms with Crippen LogP contribution in [0.3, 0.4) is 0 Å². The van der Waals surface area contributed by atoms with Crippen LogP contribution in [-0.4, -0.2) is 55.0 Å². The van der Waals surface area contributed by atoms with E-state index >= 15 is 0 Å². The average molecular weight is 443 g/mol. The lowest BCUT2D eigenvalue weighted by atomic mass is 9.98. The highest BCUT2D eigenvalue weighted by Gasteiger charge is 2.33. The van der Waals surface area contributed by atoms with Crippen molar-refractivity contribution in [3.63, 3.8) is 0 Å². The highest BCUT2D eigenvalue weighted by atomic mass is 35.5. The van der Waals surface area contributed by atoms with Crippen molar-refractivity contribution in [3.8, 4) is 0 Å². The van der Waals surface area contributed by atoms with E-state index in [0.29, 0.717) is 5.02 Å². The van der Waals surface area contributed by atoms with Gasteiger partial charge in [-0.1, -0.05) is 11.6 Å². The fourth-order valence-electron chi connectivity index (χ4n) is 3.10. The number of nitrogens with one attached hydrogen (secondary N) is 1. The smallest absolute Gasteiger partial charge is 0.309 e. The summed E-state index contributed by atoms with van der Waals surface area (Å²) >= 11 is 5.80. The number of hydrogen-bond acceptors (Lipinski definition) is 7. The number of ketones is 1. The number of benzene rings is 1. The fraction of sp³-hybridized carbons (Fsp3) is 0.421. The van der Waals surface area contributed by atoms with Crippen molar-refractivity contribution in [3.05, 3.63) is 40.6 Å². The van der Waals surface area contributed by atoms with Crippen LogP contribution >= 0.6 is 11.6 Å². The summed E-state index contributed by atoms with van der Waals surface area (Å²) in [7, 11) is -3.67. The van der Waals surface area contributed by atoms with Crippen LogP contribution in [-0.2, 0) is 24.3 Å². The van der Waals surface area contributed by atoms with E-state index in [-0.39, 0.29) is 42.1 Å². The molecule has 1 aromatic rings. The van der Waals surface area contributed by atoms with Crippen LogP contribution in [0.2, 0.25) is 5.02 Å². The van der Waals surface area contributed by atoms with E-state index in [0.717, 1.165) is 0 Å². The zero-order valence-electron chi connectivity index (χ0n) is 16.1. The third-order valence-corrected chi connectivity index (χ3v) is 6.77. The van der Waals surface area contributed by atoms with E-state index < -0.39 is 40.1 Å². The maximum Gasteiger partial charge on any atom is 0.309 e. The van der Waals surface area contributed by atoms with Gasteiger partial charge >= 0.3 is 5.97 Å². The standard InChI is InChI=1S/C19H23ClN2O6S/c1-12(21)18(13(2)23)17(24)11-28-19(25)14-7-9-22(10-8-14)29(26,27)16-5-3-15(20)4-6-16/h3-6,14,21,24H,7-11H2,1-2H3/b18-17-,21-12?. The lowest BCUT2D eigenvalue weighted by molar-refractivity contribution is -0.149. The molecule has 1 aromatic carbocycles. The molecule has 0 aromatic heterocycles. The van der Waals surface area contributed by atoms with Crippen molar-refractivity contribution >= 4 is 39.1 Å². The molecule has 0 atom stereocenters. The third kappa shape index (κ3) is 5.65. The number of esters is 1. The van der Waals surface area contributed by atoms with Gasteiger partial charge < -0.3 is 15.3 Å². The van der Waals surface area contributed by atoms with Crippen LogP contribution in [0.25, 0.3) is 0 Å². The molecule has 29 heavy (non-hydrogen) atoms. The SMILES string of the molecule is CC(=N)/C(C(C)=O)=C(/O)COC(=O)C1CCN(S(=O)(=O)c2ccc(Cl)cc2)CC1. The third-order valence-electron chi connectivity index (χ3n) is 4.61. The van der Waals surface area contributed by atoms with Crippen LogP contribution in [0.4, 0.5) is 0 Å². The number of hydrogen-bond donors (Lipinski definition) is 2. The summed E-state index contributed by atoms with van der Waals surface area (Å²) < 4.78 is 31.7. The molecule has 8 nitrogen and oxygen atoms in total. The summed E-state index contributed by atoms with van der Waals surface area (Å²) in [6.07, 6.45) is 0.554. The van der Waals surface area contributed by atoms with Crippen LogP contribution in [0, 0.1) is 11.3 Å². The first kappa shape index (κ1) is 23.1. The molecule has 1 heterocycles. The number of aliphatic hydroxyl groups excluding tert-OH is 1. The number of piperidine rings is 1. The van der Waals surface area contributed by atoms with Gasteiger partial charge in [0.1, 0.15) is 12.4 Å². The van der Waals surface area contributed by atoms with Gasteiger partial charge in [0.15, 0.2) is 5.78 Å². The number of aliphatic hydroxyl groups is 1. The van der Waals surface area contributed by atoms with E-state index in [4.69, 9.17) is 21.7 Å². The Labute approximate surface area is 174 Å². The Balaban J connectivity index is 1.96. The van der Waals surface area contributed by atoms with Gasteiger partial charge in [0, 0.05) is 23.8 Å². The summed E-state index contributed by atoms with van der Waals surface area (Å²) in [5.41, 5.74) is -0.298. The van der Waals surface area contributed by atoms with E-state index in [9.17, 15) is 23.1 Å². The molecule has 0 radical (unpaired) electrons. The number of carbonyl (C=O) groups is 2. The minimum absolute atomic E-state index is 0.119. The van der Waals surface area contributed by atoms with Crippen LogP contribution in [0.15, 0.2) is 40.5 Å². The Morgan fingerprint density at radius 3 is 2.24 bits per heavy atom. The molecule has 1 aliphatic heterocycles. The minimum atomic E-state index is -3.67. The second-order valence-corrected chi connectivity index (χ2v) is 9.12. The highest BCUT2D eigenvalue weighted by Crippen LogP contribution is 2.25. The van der Waals surface area contributed by atoms with Gasteiger partial charge in [0.05, 0.1) is 16.4 Å². The first-order chi connectivity index (χ1) is 13.5. The Morgan fingerprint density at radius 2 is 1.76 bits per heavy atom. The van der Waals surface area contributed by atoms with Crippen LogP contribution < -0.4 is 0 Å². The molecule has 0 amide bonds. The molecule has 1 aliphatic rings. The van der Waals surface area contributed by atoms with E-state index in [2.05, 4.69) is 0 Å². The number of sulfonamides is 1. The number of ether oxygens (including phenoxy) is 1. The quantitative estimate of drug-likeness (QED) is 0.289. The van der Waals surface area contributed by atoms with Gasteiger partial charge in [-0.2, -0.15) is 4.31 Å². The van der Waals surface area contributed by atoms with Gasteiger partial charge in [-0.25, -0.2) is 8.42 Å². The van der Waals surface area contributed by atoms with Crippen molar-refractivity contribution in [2.75, 3.05) is 19.7 Å². The maximum atomic E-state index is 12.7. The molecule has 1 fully saturated rings. The summed E-state index contributed by atoms with van der Waals surface area (Å²) in [5.74, 6) is -2.06. The van der Waals surface area contributed by atoms with Crippen LogP contribution in [0.5, 0.6) is 0 Å². The van der Waals surface area contributed by atoms with Crippen molar-refractivity contribution in [2.24, 2.45) is 5.92 Å². The predicted molar refractivity (Wildman–Crippen MR) is 108 cm³/mol.